The van der Waals surface area contributed by atoms with E-state index in [-0.39, 0.29) is 5.91 Å². The molecule has 0 saturated carbocycles. The van der Waals surface area contributed by atoms with Gasteiger partial charge in [0.15, 0.2) is 0 Å². The van der Waals surface area contributed by atoms with Gasteiger partial charge in [-0.2, -0.15) is 0 Å². The van der Waals surface area contributed by atoms with E-state index in [0.29, 0.717) is 13.0 Å². The Morgan fingerprint density at radius 3 is 2.91 bits per heavy atom. The van der Waals surface area contributed by atoms with Gasteiger partial charge in [0, 0.05) is 16.8 Å². The molecule has 0 radical (unpaired) electrons. The van der Waals surface area contributed by atoms with Crippen LogP contribution in [0.1, 0.15) is 34.8 Å². The number of aromatic nitrogens is 1. The summed E-state index contributed by atoms with van der Waals surface area (Å²) in [5.41, 5.74) is 1.13. The molecule has 1 aliphatic rings. The van der Waals surface area contributed by atoms with E-state index in [1.54, 1.807) is 22.7 Å². The van der Waals surface area contributed by atoms with E-state index >= 15 is 0 Å². The molecule has 22 heavy (non-hydrogen) atoms. The minimum absolute atomic E-state index is 0.0650. The molecule has 3 rings (SSSR count). The molecule has 1 amide bonds. The van der Waals surface area contributed by atoms with Gasteiger partial charge in [-0.05, 0) is 37.4 Å². The van der Waals surface area contributed by atoms with Crippen molar-refractivity contribution in [3.63, 3.8) is 0 Å². The molecule has 3 heterocycles. The first-order valence-corrected chi connectivity index (χ1v) is 9.50. The summed E-state index contributed by atoms with van der Waals surface area (Å²) in [5.74, 6) is 0.0650. The summed E-state index contributed by atoms with van der Waals surface area (Å²) in [6, 6.07) is 3.96. The number of carbonyl (C=O) groups excluding carboxylic acids is 1. The van der Waals surface area contributed by atoms with Gasteiger partial charge in [-0.3, -0.25) is 9.69 Å². The van der Waals surface area contributed by atoms with Crippen LogP contribution in [0.15, 0.2) is 22.9 Å². The highest BCUT2D eigenvalue weighted by atomic mass is 32.1. The fraction of sp³-hybridized carbons (Fsp3) is 0.500. The smallest absolute Gasteiger partial charge is 0.225 e. The van der Waals surface area contributed by atoms with Crippen LogP contribution in [-0.4, -0.2) is 28.9 Å². The Hall–Kier alpha value is -1.24. The molecule has 1 aliphatic heterocycles. The second kappa shape index (κ2) is 7.85. The minimum atomic E-state index is 0.0650. The second-order valence-corrected chi connectivity index (χ2v) is 7.58. The molecular weight excluding hydrogens is 314 g/mol. The van der Waals surface area contributed by atoms with Gasteiger partial charge in [-0.1, -0.05) is 12.5 Å². The SMILES string of the molecule is O=C(Cc1cccs1)NCc1nc(CN2CCCCC2)cs1. The third-order valence-electron chi connectivity index (χ3n) is 3.79. The number of nitrogens with zero attached hydrogens (tertiary/aromatic N) is 2. The number of nitrogens with one attached hydrogen (secondary N) is 1. The van der Waals surface area contributed by atoms with E-state index in [1.807, 2.05) is 17.5 Å². The summed E-state index contributed by atoms with van der Waals surface area (Å²) in [4.78, 5) is 20.1. The molecule has 0 aliphatic carbocycles. The molecule has 2 aromatic rings. The Balaban J connectivity index is 1.44. The van der Waals surface area contributed by atoms with E-state index in [2.05, 4.69) is 20.6 Å². The van der Waals surface area contributed by atoms with Crippen LogP contribution in [0.2, 0.25) is 0 Å². The van der Waals surface area contributed by atoms with Crippen LogP contribution in [0.3, 0.4) is 0 Å². The Morgan fingerprint density at radius 1 is 1.27 bits per heavy atom. The highest BCUT2D eigenvalue weighted by Crippen LogP contribution is 2.15. The van der Waals surface area contributed by atoms with E-state index in [0.717, 1.165) is 22.1 Å². The zero-order valence-electron chi connectivity index (χ0n) is 12.6. The summed E-state index contributed by atoms with van der Waals surface area (Å²) in [6.45, 7) is 3.85. The number of likely N-dealkylation sites (tertiary alicyclic amines) is 1. The molecule has 0 unspecified atom stereocenters. The molecule has 0 bridgehead atoms. The second-order valence-electron chi connectivity index (χ2n) is 5.60. The van der Waals surface area contributed by atoms with Crippen LogP contribution in [0.25, 0.3) is 0 Å². The van der Waals surface area contributed by atoms with Gasteiger partial charge in [0.1, 0.15) is 5.01 Å². The van der Waals surface area contributed by atoms with Crippen molar-refractivity contribution in [3.8, 4) is 0 Å². The van der Waals surface area contributed by atoms with Gasteiger partial charge < -0.3 is 5.32 Å². The number of thiazole rings is 1. The molecule has 1 saturated heterocycles. The van der Waals surface area contributed by atoms with Crippen molar-refractivity contribution in [2.45, 2.75) is 38.8 Å². The lowest BCUT2D eigenvalue weighted by atomic mass is 10.1. The first kappa shape index (κ1) is 15.6. The number of amides is 1. The van der Waals surface area contributed by atoms with E-state index in [1.165, 1.54) is 32.4 Å². The zero-order chi connectivity index (χ0) is 15.2. The predicted octanol–water partition coefficient (Wildman–Crippen LogP) is 3.05. The molecule has 2 aromatic heterocycles. The van der Waals surface area contributed by atoms with Crippen LogP contribution in [0.4, 0.5) is 0 Å². The molecule has 118 valence electrons. The monoisotopic (exact) mass is 335 g/mol. The van der Waals surface area contributed by atoms with Crippen LogP contribution in [-0.2, 0) is 24.3 Å². The molecule has 1 N–H and O–H groups in total. The predicted molar refractivity (Wildman–Crippen MR) is 91.1 cm³/mol. The number of hydrogen-bond donors (Lipinski definition) is 1. The molecule has 4 nitrogen and oxygen atoms in total. The van der Waals surface area contributed by atoms with Crippen molar-refractivity contribution in [1.82, 2.24) is 15.2 Å². The fourth-order valence-electron chi connectivity index (χ4n) is 2.66. The summed E-state index contributed by atoms with van der Waals surface area (Å²) in [5, 5.41) is 8.07. The number of piperidine rings is 1. The van der Waals surface area contributed by atoms with Crippen molar-refractivity contribution in [2.24, 2.45) is 0 Å². The highest BCUT2D eigenvalue weighted by molar-refractivity contribution is 7.10. The lowest BCUT2D eigenvalue weighted by Gasteiger charge is -2.25. The lowest BCUT2D eigenvalue weighted by Crippen LogP contribution is -2.29. The summed E-state index contributed by atoms with van der Waals surface area (Å²) in [6.07, 6.45) is 4.42. The molecule has 0 atom stereocenters. The van der Waals surface area contributed by atoms with Crippen LogP contribution >= 0.6 is 22.7 Å². The largest absolute Gasteiger partial charge is 0.349 e. The summed E-state index contributed by atoms with van der Waals surface area (Å²) < 4.78 is 0. The minimum Gasteiger partial charge on any atom is -0.349 e. The molecule has 0 spiro atoms. The third-order valence-corrected chi connectivity index (χ3v) is 5.56. The number of carbonyl (C=O) groups is 1. The van der Waals surface area contributed by atoms with Crippen molar-refractivity contribution >= 4 is 28.6 Å². The van der Waals surface area contributed by atoms with Crippen molar-refractivity contribution in [3.05, 3.63) is 38.5 Å². The van der Waals surface area contributed by atoms with Gasteiger partial charge in [0.05, 0.1) is 18.7 Å². The maximum absolute atomic E-state index is 11.9. The van der Waals surface area contributed by atoms with Crippen LogP contribution in [0.5, 0.6) is 0 Å². The van der Waals surface area contributed by atoms with E-state index in [9.17, 15) is 4.79 Å². The van der Waals surface area contributed by atoms with Gasteiger partial charge in [-0.25, -0.2) is 4.98 Å². The first-order valence-electron chi connectivity index (χ1n) is 7.74. The summed E-state index contributed by atoms with van der Waals surface area (Å²) >= 11 is 3.26. The molecule has 1 fully saturated rings. The van der Waals surface area contributed by atoms with Crippen molar-refractivity contribution in [2.75, 3.05) is 13.1 Å². The molecule has 6 heteroatoms. The van der Waals surface area contributed by atoms with Crippen LogP contribution in [0, 0.1) is 0 Å². The average Bonchev–Trinajstić information content (AvgIpc) is 3.18. The topological polar surface area (TPSA) is 45.2 Å². The van der Waals surface area contributed by atoms with Crippen molar-refractivity contribution in [1.29, 1.82) is 0 Å². The van der Waals surface area contributed by atoms with E-state index in [4.69, 9.17) is 0 Å². The third kappa shape index (κ3) is 4.63. The Kier molecular flexibility index (Phi) is 5.58. The van der Waals surface area contributed by atoms with Gasteiger partial charge >= 0.3 is 0 Å². The van der Waals surface area contributed by atoms with E-state index < -0.39 is 0 Å². The van der Waals surface area contributed by atoms with Gasteiger partial charge in [0.2, 0.25) is 5.91 Å². The number of thiophene rings is 1. The molecular formula is C16H21N3OS2. The quantitative estimate of drug-likeness (QED) is 0.882. The first-order chi connectivity index (χ1) is 10.8. The fourth-order valence-corrected chi connectivity index (χ4v) is 4.09. The highest BCUT2D eigenvalue weighted by Gasteiger charge is 2.12. The standard InChI is InChI=1S/C16H21N3OS2/c20-15(9-14-5-4-8-21-14)17-10-16-18-13(12-22-16)11-19-6-2-1-3-7-19/h4-5,8,12H,1-3,6-7,9-11H2,(H,17,20). The van der Waals surface area contributed by atoms with Gasteiger partial charge in [0.25, 0.3) is 0 Å². The normalized spacial score (nSPS) is 15.8. The Bertz CT molecular complexity index is 588. The van der Waals surface area contributed by atoms with Gasteiger partial charge in [-0.15, -0.1) is 22.7 Å². The maximum Gasteiger partial charge on any atom is 0.225 e. The Morgan fingerprint density at radius 2 is 2.14 bits per heavy atom. The summed E-state index contributed by atoms with van der Waals surface area (Å²) in [7, 11) is 0. The van der Waals surface area contributed by atoms with Crippen molar-refractivity contribution < 1.29 is 4.79 Å². The van der Waals surface area contributed by atoms with Crippen LogP contribution < -0.4 is 5.32 Å². The zero-order valence-corrected chi connectivity index (χ0v) is 14.2. The lowest BCUT2D eigenvalue weighted by molar-refractivity contribution is -0.120. The number of hydrogen-bond acceptors (Lipinski definition) is 5. The number of rotatable bonds is 6. The average molecular weight is 335 g/mol. The molecule has 0 aromatic carbocycles. The Labute approximate surface area is 139 Å². The maximum atomic E-state index is 11.9.